The summed E-state index contributed by atoms with van der Waals surface area (Å²) in [6, 6.07) is 13.8. The van der Waals surface area contributed by atoms with Crippen LogP contribution < -0.4 is 21.7 Å². The SMILES string of the molecule is NCC1(c2ccc(Cl)c(Cl)c2)CCN(c2ncnc3[nH]ccc23)CC1.NCC1(c2ccc(Cl)c(Cl)c2)CCNCC1. The average Bonchev–Trinajstić information content (AvgIpc) is 3.50. The highest BCUT2D eigenvalue weighted by atomic mass is 35.5. The smallest absolute Gasteiger partial charge is 0.142 e. The van der Waals surface area contributed by atoms with Gasteiger partial charge in [-0.05, 0) is 80.2 Å². The van der Waals surface area contributed by atoms with Gasteiger partial charge < -0.3 is 26.7 Å². The van der Waals surface area contributed by atoms with Gasteiger partial charge in [-0.15, -0.1) is 0 Å². The largest absolute Gasteiger partial charge is 0.356 e. The maximum absolute atomic E-state index is 6.23. The third-order valence-electron chi connectivity index (χ3n) is 8.76. The van der Waals surface area contributed by atoms with Crippen molar-refractivity contribution < 1.29 is 0 Å². The molecule has 41 heavy (non-hydrogen) atoms. The summed E-state index contributed by atoms with van der Waals surface area (Å²) in [5.74, 6) is 0.978. The molecular weight excluding hydrogens is 600 g/mol. The molecule has 2 aliphatic heterocycles. The van der Waals surface area contributed by atoms with Gasteiger partial charge in [0.2, 0.25) is 0 Å². The van der Waals surface area contributed by atoms with Crippen LogP contribution in [0.4, 0.5) is 5.82 Å². The van der Waals surface area contributed by atoms with Crippen LogP contribution in [0, 0.1) is 0 Å². The van der Waals surface area contributed by atoms with Crippen LogP contribution in [-0.4, -0.2) is 54.2 Å². The van der Waals surface area contributed by atoms with Crippen molar-refractivity contribution in [2.24, 2.45) is 11.5 Å². The minimum Gasteiger partial charge on any atom is -0.356 e. The van der Waals surface area contributed by atoms with Gasteiger partial charge in [-0.3, -0.25) is 0 Å². The van der Waals surface area contributed by atoms with Crippen molar-refractivity contribution in [3.63, 3.8) is 0 Å². The van der Waals surface area contributed by atoms with Gasteiger partial charge in [-0.25, -0.2) is 9.97 Å². The Bertz CT molecular complexity index is 1480. The predicted molar refractivity (Wildman–Crippen MR) is 172 cm³/mol. The van der Waals surface area contributed by atoms with Gasteiger partial charge in [0.1, 0.15) is 17.8 Å². The standard InChI is InChI=1S/C18H19Cl2N5.C12H16Cl2N2/c19-14-2-1-12(9-15(14)20)18(10-21)4-7-25(8-5-18)17-13-3-6-22-16(13)23-11-24-17;13-10-2-1-9(7-11(10)14)12(8-15)3-5-16-6-4-12/h1-3,6,9,11H,4-5,7-8,10,21H2,(H,22,23,24);1-2,7,16H,3-6,8,15H2. The minimum atomic E-state index is -0.0744. The lowest BCUT2D eigenvalue weighted by atomic mass is 9.73. The molecule has 0 radical (unpaired) electrons. The van der Waals surface area contributed by atoms with Crippen LogP contribution in [0.25, 0.3) is 11.0 Å². The number of hydrogen-bond acceptors (Lipinski definition) is 6. The maximum Gasteiger partial charge on any atom is 0.142 e. The van der Waals surface area contributed by atoms with E-state index in [-0.39, 0.29) is 10.8 Å². The fourth-order valence-electron chi connectivity index (χ4n) is 6.04. The van der Waals surface area contributed by atoms with Crippen LogP contribution in [0.3, 0.4) is 0 Å². The topological polar surface area (TPSA) is 109 Å². The summed E-state index contributed by atoms with van der Waals surface area (Å²) < 4.78 is 0. The number of benzene rings is 2. The summed E-state index contributed by atoms with van der Waals surface area (Å²) in [6.45, 7) is 5.03. The lowest BCUT2D eigenvalue weighted by Crippen LogP contribution is -2.47. The summed E-state index contributed by atoms with van der Waals surface area (Å²) in [6.07, 6.45) is 7.50. The number of halogens is 4. The van der Waals surface area contributed by atoms with Crippen molar-refractivity contribution in [2.75, 3.05) is 44.2 Å². The van der Waals surface area contributed by atoms with E-state index in [9.17, 15) is 0 Å². The number of aromatic nitrogens is 3. The molecule has 0 aliphatic carbocycles. The van der Waals surface area contributed by atoms with Crippen molar-refractivity contribution in [3.8, 4) is 0 Å². The molecule has 2 aliphatic rings. The van der Waals surface area contributed by atoms with Crippen molar-refractivity contribution >= 4 is 63.3 Å². The summed E-state index contributed by atoms with van der Waals surface area (Å²) in [5.41, 5.74) is 15.4. The molecule has 6 rings (SSSR count). The number of nitrogens with zero attached hydrogens (tertiary/aromatic N) is 3. The summed E-state index contributed by atoms with van der Waals surface area (Å²) in [4.78, 5) is 14.2. The average molecular weight is 635 g/mol. The molecule has 218 valence electrons. The normalized spacial score (nSPS) is 18.1. The second-order valence-electron chi connectivity index (χ2n) is 10.9. The van der Waals surface area contributed by atoms with Crippen LogP contribution in [0.15, 0.2) is 55.0 Å². The monoisotopic (exact) mass is 633 g/mol. The number of nitrogens with two attached hydrogens (primary N) is 2. The third-order valence-corrected chi connectivity index (χ3v) is 10.2. The molecule has 0 spiro atoms. The Morgan fingerprint density at radius 3 is 1.83 bits per heavy atom. The number of hydrogen-bond donors (Lipinski definition) is 4. The van der Waals surface area contributed by atoms with E-state index in [1.807, 2.05) is 48.7 Å². The molecule has 0 atom stereocenters. The van der Waals surface area contributed by atoms with Crippen LogP contribution in [0.5, 0.6) is 0 Å². The maximum atomic E-state index is 6.23. The highest BCUT2D eigenvalue weighted by molar-refractivity contribution is 6.42. The molecule has 11 heteroatoms. The third kappa shape index (κ3) is 6.32. The first-order valence-corrected chi connectivity index (χ1v) is 15.4. The lowest BCUT2D eigenvalue weighted by molar-refractivity contribution is 0.315. The Labute approximate surface area is 260 Å². The molecule has 4 heterocycles. The lowest BCUT2D eigenvalue weighted by Gasteiger charge is -2.42. The first-order valence-electron chi connectivity index (χ1n) is 13.9. The van der Waals surface area contributed by atoms with Gasteiger partial charge >= 0.3 is 0 Å². The second-order valence-corrected chi connectivity index (χ2v) is 12.5. The van der Waals surface area contributed by atoms with E-state index >= 15 is 0 Å². The molecule has 2 aromatic carbocycles. The Kier molecular flexibility index (Phi) is 9.66. The van der Waals surface area contributed by atoms with Gasteiger partial charge in [-0.1, -0.05) is 58.5 Å². The summed E-state index contributed by atoms with van der Waals surface area (Å²) in [5, 5.41) is 6.79. The van der Waals surface area contributed by atoms with Gasteiger partial charge in [0.25, 0.3) is 0 Å². The van der Waals surface area contributed by atoms with E-state index in [2.05, 4.69) is 25.2 Å². The molecule has 7 nitrogen and oxygen atoms in total. The number of fused-ring (bicyclic) bond motifs is 1. The molecule has 6 N–H and O–H groups in total. The fourth-order valence-corrected chi connectivity index (χ4v) is 6.63. The van der Waals surface area contributed by atoms with Gasteiger partial charge in [0.15, 0.2) is 0 Å². The highest BCUT2D eigenvalue weighted by Crippen LogP contribution is 2.39. The van der Waals surface area contributed by atoms with Crippen molar-refractivity contribution in [3.05, 3.63) is 86.2 Å². The molecular formula is C30H35Cl4N7. The second kappa shape index (κ2) is 13.0. The Balaban J connectivity index is 0.000000182. The van der Waals surface area contributed by atoms with E-state index in [0.29, 0.717) is 33.2 Å². The van der Waals surface area contributed by atoms with Crippen molar-refractivity contribution in [1.29, 1.82) is 0 Å². The van der Waals surface area contributed by atoms with Crippen LogP contribution in [0.1, 0.15) is 36.8 Å². The number of nitrogens with one attached hydrogen (secondary N) is 2. The quantitative estimate of drug-likeness (QED) is 0.204. The van der Waals surface area contributed by atoms with Gasteiger partial charge in [0.05, 0.1) is 25.5 Å². The molecule has 2 saturated heterocycles. The van der Waals surface area contributed by atoms with E-state index in [1.54, 1.807) is 6.33 Å². The van der Waals surface area contributed by atoms with Crippen LogP contribution in [-0.2, 0) is 10.8 Å². The van der Waals surface area contributed by atoms with E-state index in [4.69, 9.17) is 57.9 Å². The zero-order chi connectivity index (χ0) is 29.0. The molecule has 2 fully saturated rings. The number of aromatic amines is 1. The zero-order valence-electron chi connectivity index (χ0n) is 22.8. The Morgan fingerprint density at radius 1 is 0.732 bits per heavy atom. The van der Waals surface area contributed by atoms with Gasteiger partial charge in [-0.2, -0.15) is 0 Å². The molecule has 2 aromatic heterocycles. The number of rotatable bonds is 5. The molecule has 0 bridgehead atoms. The summed E-state index contributed by atoms with van der Waals surface area (Å²) in [7, 11) is 0. The number of H-pyrrole nitrogens is 1. The van der Waals surface area contributed by atoms with Crippen molar-refractivity contribution in [1.82, 2.24) is 20.3 Å². The van der Waals surface area contributed by atoms with Crippen LogP contribution >= 0.6 is 46.4 Å². The first-order chi connectivity index (χ1) is 19.8. The molecule has 0 saturated carbocycles. The number of piperidine rings is 2. The molecule has 0 amide bonds. The Hall–Kier alpha value is -2.10. The van der Waals surface area contributed by atoms with E-state index < -0.39 is 0 Å². The van der Waals surface area contributed by atoms with E-state index in [0.717, 1.165) is 68.7 Å². The Morgan fingerprint density at radius 2 is 1.29 bits per heavy atom. The van der Waals surface area contributed by atoms with Crippen LogP contribution in [0.2, 0.25) is 20.1 Å². The van der Waals surface area contributed by atoms with Gasteiger partial charge in [0, 0.05) is 43.2 Å². The van der Waals surface area contributed by atoms with Crippen molar-refractivity contribution in [2.45, 2.75) is 36.5 Å². The predicted octanol–water partition coefficient (Wildman–Crippen LogP) is 6.33. The molecule has 4 aromatic rings. The minimum absolute atomic E-state index is 0.0689. The first kappa shape index (κ1) is 30.4. The zero-order valence-corrected chi connectivity index (χ0v) is 25.8. The summed E-state index contributed by atoms with van der Waals surface area (Å²) >= 11 is 24.3. The number of anilines is 1. The van der Waals surface area contributed by atoms with E-state index in [1.165, 1.54) is 11.1 Å². The fraction of sp³-hybridized carbons (Fsp3) is 0.400. The molecule has 0 unspecified atom stereocenters. The highest BCUT2D eigenvalue weighted by Gasteiger charge is 2.36.